The fraction of sp³-hybridized carbons (Fsp3) is 0.0682. The topological polar surface area (TPSA) is 96.0 Å². The average Bonchev–Trinajstić information content (AvgIpc) is 3.91. The summed E-state index contributed by atoms with van der Waals surface area (Å²) >= 11 is 0. The van der Waals surface area contributed by atoms with Crippen LogP contribution in [-0.2, 0) is 0 Å². The summed E-state index contributed by atoms with van der Waals surface area (Å²) in [4.78, 5) is 30.4. The van der Waals surface area contributed by atoms with Gasteiger partial charge in [-0.2, -0.15) is 4.68 Å². The zero-order valence-electron chi connectivity index (χ0n) is 29.8. The zero-order chi connectivity index (χ0) is 36.3. The fourth-order valence-corrected chi connectivity index (χ4v) is 7.33. The summed E-state index contributed by atoms with van der Waals surface area (Å²) in [6, 6.07) is 40.9. The Morgan fingerprint density at radius 2 is 1.00 bits per heavy atom. The molecule has 10 nitrogen and oxygen atoms in total. The number of hydrogen-bond acceptors (Lipinski definition) is 6. The van der Waals surface area contributed by atoms with Gasteiger partial charge in [-0.15, -0.1) is 4.68 Å². The van der Waals surface area contributed by atoms with Crippen molar-refractivity contribution in [2.45, 2.75) is 20.8 Å². The molecule has 0 unspecified atom stereocenters. The summed E-state index contributed by atoms with van der Waals surface area (Å²) < 4.78 is 8.45. The van der Waals surface area contributed by atoms with Gasteiger partial charge in [0.1, 0.15) is 23.1 Å². The molecular formula is C44H33N10+. The van der Waals surface area contributed by atoms with E-state index >= 15 is 0 Å². The molecule has 54 heavy (non-hydrogen) atoms. The monoisotopic (exact) mass is 701 g/mol. The Bertz CT molecular complexity index is 2720. The van der Waals surface area contributed by atoms with Crippen LogP contribution in [0.25, 0.3) is 79.1 Å². The van der Waals surface area contributed by atoms with E-state index in [0.29, 0.717) is 17.3 Å². The third kappa shape index (κ3) is 4.99. The van der Waals surface area contributed by atoms with E-state index in [1.165, 1.54) is 0 Å². The van der Waals surface area contributed by atoms with Crippen molar-refractivity contribution in [2.24, 2.45) is 0 Å². The smallest absolute Gasteiger partial charge is 0.276 e. The van der Waals surface area contributed by atoms with Gasteiger partial charge in [0, 0.05) is 36.3 Å². The van der Waals surface area contributed by atoms with Gasteiger partial charge in [0.2, 0.25) is 5.69 Å². The first kappa shape index (κ1) is 31.4. The molecule has 258 valence electrons. The molecule has 0 saturated carbocycles. The van der Waals surface area contributed by atoms with Crippen molar-refractivity contribution in [3.05, 3.63) is 163 Å². The second-order valence-electron chi connectivity index (χ2n) is 13.4. The number of hydrogen-bond donors (Lipinski definition) is 0. The van der Waals surface area contributed by atoms with Crippen LogP contribution in [0.5, 0.6) is 0 Å². The van der Waals surface area contributed by atoms with Gasteiger partial charge in [-0.3, -0.25) is 9.13 Å². The van der Waals surface area contributed by atoms with Crippen molar-refractivity contribution in [2.75, 3.05) is 0 Å². The van der Waals surface area contributed by atoms with E-state index < -0.39 is 0 Å². The minimum atomic E-state index is 0.655. The Hall–Kier alpha value is -7.33. The van der Waals surface area contributed by atoms with Gasteiger partial charge in [-0.25, -0.2) is 24.9 Å². The SMILES string of the molecule is Cc1ccccc1-n1c(-c2cc(-c3nc4cccnc4n3-c3ccccc3C)nc(-[n+]3cc4cccnc4n3-c3ccccc3C)c2)nc2cccnc21. The lowest BCUT2D eigenvalue weighted by molar-refractivity contribution is -0.675. The van der Waals surface area contributed by atoms with E-state index in [1.54, 1.807) is 6.20 Å². The highest BCUT2D eigenvalue weighted by Gasteiger charge is 2.29. The quantitative estimate of drug-likeness (QED) is 0.162. The van der Waals surface area contributed by atoms with Crippen molar-refractivity contribution in [3.8, 4) is 45.8 Å². The fourth-order valence-electron chi connectivity index (χ4n) is 7.33. The van der Waals surface area contributed by atoms with Crippen LogP contribution in [0.4, 0.5) is 0 Å². The van der Waals surface area contributed by atoms with E-state index in [1.807, 2.05) is 79.1 Å². The molecule has 0 bridgehead atoms. The normalized spacial score (nSPS) is 11.6. The summed E-state index contributed by atoms with van der Waals surface area (Å²) in [6.45, 7) is 6.32. The van der Waals surface area contributed by atoms with Crippen molar-refractivity contribution in [1.82, 2.24) is 43.7 Å². The van der Waals surface area contributed by atoms with Crippen molar-refractivity contribution < 1.29 is 4.68 Å². The molecule has 0 N–H and O–H groups in total. The molecule has 0 aliphatic rings. The standard InChI is InChI=1S/C44H33N10/c1-28-13-4-7-19-36(28)52-41(49-33-17-11-23-46-42(33)52)32-25-35(44-50-34-18-12-24-47-43(34)53(44)37-20-8-5-14-29(37)2)48-39(26-32)51-27-31-16-10-22-45-40(31)54(51)38-21-9-6-15-30(38)3/h4-27H,1-3H3/q+1. The van der Waals surface area contributed by atoms with E-state index in [2.05, 4.69) is 100 Å². The van der Waals surface area contributed by atoms with Crippen LogP contribution in [0, 0.1) is 20.8 Å². The molecule has 0 fully saturated rings. The Labute approximate surface area is 310 Å². The molecule has 10 rings (SSSR count). The molecule has 7 heterocycles. The summed E-state index contributed by atoms with van der Waals surface area (Å²) in [5.41, 5.74) is 11.6. The molecule has 10 heteroatoms. The van der Waals surface area contributed by atoms with Gasteiger partial charge in [-0.1, -0.05) is 54.6 Å². The van der Waals surface area contributed by atoms with Crippen LogP contribution in [-0.4, -0.2) is 43.7 Å². The van der Waals surface area contributed by atoms with Gasteiger partial charge in [0.15, 0.2) is 22.8 Å². The van der Waals surface area contributed by atoms with Crippen LogP contribution in [0.2, 0.25) is 0 Å². The number of nitrogens with zero attached hydrogens (tertiary/aromatic N) is 10. The van der Waals surface area contributed by atoms with Gasteiger partial charge in [-0.05, 0) is 97.0 Å². The minimum Gasteiger partial charge on any atom is -0.276 e. The van der Waals surface area contributed by atoms with Gasteiger partial charge >= 0.3 is 5.82 Å². The number of para-hydroxylation sites is 3. The molecule has 0 aliphatic heterocycles. The number of aryl methyl sites for hydroxylation is 3. The van der Waals surface area contributed by atoms with Crippen LogP contribution in [0.1, 0.15) is 16.7 Å². The lowest BCUT2D eigenvalue weighted by Crippen LogP contribution is -2.40. The third-order valence-corrected chi connectivity index (χ3v) is 9.92. The summed E-state index contributed by atoms with van der Waals surface area (Å²) in [7, 11) is 0. The highest BCUT2D eigenvalue weighted by atomic mass is 15.4. The predicted octanol–water partition coefficient (Wildman–Crippen LogP) is 8.42. The minimum absolute atomic E-state index is 0.655. The van der Waals surface area contributed by atoms with E-state index in [-0.39, 0.29) is 0 Å². The van der Waals surface area contributed by atoms with E-state index in [0.717, 1.165) is 78.5 Å². The number of benzene rings is 3. The van der Waals surface area contributed by atoms with E-state index in [4.69, 9.17) is 29.9 Å². The lowest BCUT2D eigenvalue weighted by Gasteiger charge is -2.13. The van der Waals surface area contributed by atoms with Crippen LogP contribution in [0.3, 0.4) is 0 Å². The lowest BCUT2D eigenvalue weighted by atomic mass is 10.1. The number of imidazole rings is 2. The molecular weight excluding hydrogens is 669 g/mol. The number of rotatable bonds is 6. The molecule has 10 aromatic rings. The first-order chi connectivity index (χ1) is 26.5. The largest absolute Gasteiger partial charge is 0.348 e. The first-order valence-electron chi connectivity index (χ1n) is 17.8. The molecule has 0 amide bonds. The average molecular weight is 702 g/mol. The Morgan fingerprint density at radius 1 is 0.481 bits per heavy atom. The second-order valence-corrected chi connectivity index (χ2v) is 13.4. The van der Waals surface area contributed by atoms with Crippen molar-refractivity contribution in [1.29, 1.82) is 0 Å². The molecule has 0 saturated heterocycles. The highest BCUT2D eigenvalue weighted by molar-refractivity contribution is 5.84. The summed E-state index contributed by atoms with van der Waals surface area (Å²) in [5.74, 6) is 2.06. The zero-order valence-corrected chi connectivity index (χ0v) is 29.8. The maximum absolute atomic E-state index is 5.45. The first-order valence-corrected chi connectivity index (χ1v) is 17.8. The second kappa shape index (κ2) is 12.4. The molecule has 0 spiro atoms. The summed E-state index contributed by atoms with van der Waals surface area (Å²) in [6.07, 6.45) is 7.53. The molecule has 0 atom stereocenters. The van der Waals surface area contributed by atoms with Crippen LogP contribution >= 0.6 is 0 Å². The third-order valence-electron chi connectivity index (χ3n) is 9.92. The Morgan fingerprint density at radius 3 is 1.61 bits per heavy atom. The Balaban J connectivity index is 1.33. The van der Waals surface area contributed by atoms with Crippen molar-refractivity contribution >= 4 is 33.4 Å². The van der Waals surface area contributed by atoms with Gasteiger partial charge in [0.05, 0.1) is 22.4 Å². The highest BCUT2D eigenvalue weighted by Crippen LogP contribution is 2.34. The van der Waals surface area contributed by atoms with E-state index in [9.17, 15) is 0 Å². The van der Waals surface area contributed by atoms with Gasteiger partial charge < -0.3 is 0 Å². The predicted molar refractivity (Wildman–Crippen MR) is 210 cm³/mol. The number of aromatic nitrogens is 10. The molecule has 0 aliphatic carbocycles. The summed E-state index contributed by atoms with van der Waals surface area (Å²) in [5, 5.41) is 0.974. The Kier molecular flexibility index (Phi) is 7.22. The van der Waals surface area contributed by atoms with Crippen LogP contribution < -0.4 is 4.68 Å². The molecule has 0 radical (unpaired) electrons. The molecule has 3 aromatic carbocycles. The van der Waals surface area contributed by atoms with Crippen LogP contribution in [0.15, 0.2) is 146 Å². The number of fused-ring (bicyclic) bond motifs is 3. The number of pyridine rings is 4. The molecule has 7 aromatic heterocycles. The van der Waals surface area contributed by atoms with Crippen molar-refractivity contribution in [3.63, 3.8) is 0 Å². The van der Waals surface area contributed by atoms with Gasteiger partial charge in [0.25, 0.3) is 0 Å². The maximum atomic E-state index is 5.45. The maximum Gasteiger partial charge on any atom is 0.348 e.